The Morgan fingerprint density at radius 3 is 2.47 bits per heavy atom. The Hall–Kier alpha value is -1.65. The molecule has 17 heavy (non-hydrogen) atoms. The van der Waals surface area contributed by atoms with Crippen LogP contribution in [0, 0.1) is 0 Å². The van der Waals surface area contributed by atoms with Crippen LogP contribution in [0.15, 0.2) is 41.4 Å². The maximum absolute atomic E-state index is 9.15. The predicted molar refractivity (Wildman–Crippen MR) is 65.8 cm³/mol. The third kappa shape index (κ3) is 2.72. The van der Waals surface area contributed by atoms with Crippen molar-refractivity contribution in [2.45, 2.75) is 5.54 Å². The molecule has 2 N–H and O–H groups in total. The molecule has 0 saturated heterocycles. The molecular formula is C13H15NO3. The summed E-state index contributed by atoms with van der Waals surface area (Å²) in [6, 6.07) is 9.78. The van der Waals surface area contributed by atoms with E-state index in [4.69, 9.17) is 14.9 Å². The lowest BCUT2D eigenvalue weighted by atomic mass is 10.1. The highest BCUT2D eigenvalue weighted by atomic mass is 16.5. The molecule has 0 bridgehead atoms. The molecular weight excluding hydrogens is 218 g/mol. The van der Waals surface area contributed by atoms with E-state index in [1.165, 1.54) is 0 Å². The van der Waals surface area contributed by atoms with Gasteiger partial charge in [0.15, 0.2) is 0 Å². The van der Waals surface area contributed by atoms with Gasteiger partial charge in [0.1, 0.15) is 12.1 Å². The van der Waals surface area contributed by atoms with Crippen molar-refractivity contribution in [3.05, 3.63) is 42.0 Å². The van der Waals surface area contributed by atoms with Crippen molar-refractivity contribution in [3.8, 4) is 0 Å². The molecule has 0 amide bonds. The first-order valence-electron chi connectivity index (χ1n) is 5.45. The number of aliphatic hydroxyl groups excluding tert-OH is 2. The maximum Gasteiger partial charge on any atom is 0.209 e. The maximum atomic E-state index is 9.15. The van der Waals surface area contributed by atoms with Crippen molar-refractivity contribution in [2.75, 3.05) is 19.8 Å². The second-order valence-corrected chi connectivity index (χ2v) is 4.02. The van der Waals surface area contributed by atoms with Crippen LogP contribution in [0.1, 0.15) is 5.56 Å². The number of aliphatic imine (C=N–C) groups is 1. The van der Waals surface area contributed by atoms with Gasteiger partial charge >= 0.3 is 0 Å². The van der Waals surface area contributed by atoms with Gasteiger partial charge in [0.2, 0.25) is 5.90 Å². The quantitative estimate of drug-likeness (QED) is 0.810. The number of hydrogen-bond donors (Lipinski definition) is 2. The zero-order chi connectivity index (χ0) is 12.1. The van der Waals surface area contributed by atoms with Gasteiger partial charge in [-0.05, 0) is 11.6 Å². The number of aliphatic hydroxyl groups is 2. The highest BCUT2D eigenvalue weighted by molar-refractivity contribution is 5.93. The molecule has 0 unspecified atom stereocenters. The number of rotatable bonds is 4. The SMILES string of the molecule is OCC1(CO)COC(/C=C/c2ccccc2)=N1. The molecule has 0 atom stereocenters. The van der Waals surface area contributed by atoms with E-state index in [0.717, 1.165) is 5.56 Å². The first-order valence-corrected chi connectivity index (χ1v) is 5.45. The number of nitrogens with zero attached hydrogens (tertiary/aromatic N) is 1. The minimum absolute atomic E-state index is 0.216. The molecule has 0 aliphatic carbocycles. The highest BCUT2D eigenvalue weighted by Crippen LogP contribution is 2.18. The van der Waals surface area contributed by atoms with Gasteiger partial charge in [0.25, 0.3) is 0 Å². The summed E-state index contributed by atoms with van der Waals surface area (Å²) in [5, 5.41) is 18.3. The average molecular weight is 233 g/mol. The molecule has 2 rings (SSSR count). The van der Waals surface area contributed by atoms with Crippen LogP contribution in [0.4, 0.5) is 0 Å². The topological polar surface area (TPSA) is 62.0 Å². The third-order valence-electron chi connectivity index (χ3n) is 2.64. The lowest BCUT2D eigenvalue weighted by molar-refractivity contribution is 0.0978. The van der Waals surface area contributed by atoms with E-state index in [9.17, 15) is 0 Å². The van der Waals surface area contributed by atoms with E-state index in [1.54, 1.807) is 6.08 Å². The van der Waals surface area contributed by atoms with Crippen molar-refractivity contribution in [3.63, 3.8) is 0 Å². The summed E-state index contributed by atoms with van der Waals surface area (Å²) in [6.45, 7) is -0.215. The zero-order valence-corrected chi connectivity index (χ0v) is 9.41. The molecule has 0 fully saturated rings. The van der Waals surface area contributed by atoms with E-state index >= 15 is 0 Å². The predicted octanol–water partition coefficient (Wildman–Crippen LogP) is 0.852. The Balaban J connectivity index is 2.08. The molecule has 4 nitrogen and oxygen atoms in total. The molecule has 0 spiro atoms. The summed E-state index contributed by atoms with van der Waals surface area (Å²) in [7, 11) is 0. The first-order chi connectivity index (χ1) is 8.28. The fraction of sp³-hybridized carbons (Fsp3) is 0.308. The Labute approximate surface area is 99.9 Å². The van der Waals surface area contributed by atoms with Crippen LogP contribution in [0.25, 0.3) is 6.08 Å². The summed E-state index contributed by atoms with van der Waals surface area (Å²) >= 11 is 0. The van der Waals surface area contributed by atoms with Gasteiger partial charge in [-0.1, -0.05) is 30.3 Å². The summed E-state index contributed by atoms with van der Waals surface area (Å²) in [5.74, 6) is 0.442. The second kappa shape index (κ2) is 5.12. The van der Waals surface area contributed by atoms with Gasteiger partial charge in [0, 0.05) is 6.08 Å². The first kappa shape index (κ1) is 11.8. The Kier molecular flexibility index (Phi) is 3.56. The van der Waals surface area contributed by atoms with Crippen LogP contribution in [0.5, 0.6) is 0 Å². The molecule has 0 saturated carbocycles. The monoisotopic (exact) mass is 233 g/mol. The molecule has 1 aliphatic heterocycles. The van der Waals surface area contributed by atoms with Crippen LogP contribution < -0.4 is 0 Å². The molecule has 90 valence electrons. The normalized spacial score (nSPS) is 18.1. The minimum Gasteiger partial charge on any atom is -0.475 e. The van der Waals surface area contributed by atoms with Crippen LogP contribution in [-0.2, 0) is 4.74 Å². The Bertz CT molecular complexity index is 422. The van der Waals surface area contributed by atoms with E-state index in [2.05, 4.69) is 4.99 Å². The third-order valence-corrected chi connectivity index (χ3v) is 2.64. The summed E-state index contributed by atoms with van der Waals surface area (Å²) in [6.07, 6.45) is 3.62. The van der Waals surface area contributed by atoms with Gasteiger partial charge in [-0.2, -0.15) is 0 Å². The average Bonchev–Trinajstić information content (AvgIpc) is 2.82. The number of hydrogen-bond acceptors (Lipinski definition) is 4. The standard InChI is InChI=1S/C13H15NO3/c15-8-13(9-16)10-17-12(14-13)7-6-11-4-2-1-3-5-11/h1-7,15-16H,8-10H2/b7-6+. The van der Waals surface area contributed by atoms with E-state index in [0.29, 0.717) is 5.90 Å². The van der Waals surface area contributed by atoms with Crippen LogP contribution in [-0.4, -0.2) is 41.5 Å². The van der Waals surface area contributed by atoms with Crippen molar-refractivity contribution < 1.29 is 14.9 Å². The summed E-state index contributed by atoms with van der Waals surface area (Å²) in [5.41, 5.74) is 0.167. The summed E-state index contributed by atoms with van der Waals surface area (Å²) in [4.78, 5) is 4.18. The molecule has 4 heteroatoms. The Morgan fingerprint density at radius 2 is 1.88 bits per heavy atom. The van der Waals surface area contributed by atoms with Gasteiger partial charge in [0.05, 0.1) is 13.2 Å². The zero-order valence-electron chi connectivity index (χ0n) is 9.41. The van der Waals surface area contributed by atoms with Gasteiger partial charge in [-0.15, -0.1) is 0 Å². The van der Waals surface area contributed by atoms with Crippen molar-refractivity contribution in [1.82, 2.24) is 0 Å². The van der Waals surface area contributed by atoms with Crippen molar-refractivity contribution in [2.24, 2.45) is 4.99 Å². The summed E-state index contributed by atoms with van der Waals surface area (Å²) < 4.78 is 5.32. The largest absolute Gasteiger partial charge is 0.475 e. The lowest BCUT2D eigenvalue weighted by Crippen LogP contribution is -2.37. The Morgan fingerprint density at radius 1 is 1.18 bits per heavy atom. The van der Waals surface area contributed by atoms with Crippen molar-refractivity contribution in [1.29, 1.82) is 0 Å². The molecule has 1 heterocycles. The second-order valence-electron chi connectivity index (χ2n) is 4.02. The van der Waals surface area contributed by atoms with Crippen LogP contribution in [0.3, 0.4) is 0 Å². The highest BCUT2D eigenvalue weighted by Gasteiger charge is 2.34. The van der Waals surface area contributed by atoms with E-state index in [1.807, 2.05) is 36.4 Å². The van der Waals surface area contributed by atoms with Gasteiger partial charge in [-0.3, -0.25) is 0 Å². The molecule has 1 aliphatic rings. The van der Waals surface area contributed by atoms with Crippen LogP contribution >= 0.6 is 0 Å². The lowest BCUT2D eigenvalue weighted by Gasteiger charge is -2.16. The number of benzene rings is 1. The van der Waals surface area contributed by atoms with Gasteiger partial charge in [-0.25, -0.2) is 4.99 Å². The molecule has 0 radical (unpaired) electrons. The smallest absolute Gasteiger partial charge is 0.209 e. The van der Waals surface area contributed by atoms with Gasteiger partial charge < -0.3 is 14.9 Å². The van der Waals surface area contributed by atoms with Crippen molar-refractivity contribution >= 4 is 12.0 Å². The van der Waals surface area contributed by atoms with E-state index in [-0.39, 0.29) is 19.8 Å². The fourth-order valence-electron chi connectivity index (χ4n) is 1.54. The molecule has 1 aromatic rings. The van der Waals surface area contributed by atoms with E-state index < -0.39 is 5.54 Å². The molecule has 1 aromatic carbocycles. The minimum atomic E-state index is -0.879. The van der Waals surface area contributed by atoms with Crippen LogP contribution in [0.2, 0.25) is 0 Å². The fourth-order valence-corrected chi connectivity index (χ4v) is 1.54. The number of ether oxygens (including phenoxy) is 1. The molecule has 0 aromatic heterocycles.